The number of nitrogens with one attached hydrogen (secondary N) is 1. The highest BCUT2D eigenvalue weighted by Crippen LogP contribution is 2.21. The van der Waals surface area contributed by atoms with Crippen LogP contribution in [0.2, 0.25) is 0 Å². The predicted octanol–water partition coefficient (Wildman–Crippen LogP) is 0.450. The van der Waals surface area contributed by atoms with Crippen molar-refractivity contribution in [1.82, 2.24) is 5.32 Å². The molecule has 5 nitrogen and oxygen atoms in total. The van der Waals surface area contributed by atoms with Crippen LogP contribution in [0.15, 0.2) is 18.2 Å². The molecule has 0 saturated carbocycles. The second-order valence-electron chi connectivity index (χ2n) is 2.59. The molecule has 3 N–H and O–H groups in total. The highest BCUT2D eigenvalue weighted by Gasteiger charge is 2.16. The van der Waals surface area contributed by atoms with Crippen molar-refractivity contribution < 1.29 is 19.8 Å². The van der Waals surface area contributed by atoms with E-state index in [4.69, 9.17) is 5.11 Å². The summed E-state index contributed by atoms with van der Waals surface area (Å²) in [6, 6.07) is 3.97. The average Bonchev–Trinajstić information content (AvgIpc) is 2.16. The second kappa shape index (κ2) is 3.78. The molecule has 0 aromatic heterocycles. The molecule has 1 aromatic carbocycles. The van der Waals surface area contributed by atoms with Gasteiger partial charge in [0.05, 0.1) is 5.56 Å². The fourth-order valence-corrected chi connectivity index (χ4v) is 1.03. The van der Waals surface area contributed by atoms with Gasteiger partial charge in [0, 0.05) is 7.05 Å². The Morgan fingerprint density at radius 3 is 2.36 bits per heavy atom. The molecule has 0 fully saturated rings. The molecular weight excluding hydrogens is 186 g/mol. The number of carboxylic acids is 1. The third-order valence-electron chi connectivity index (χ3n) is 1.74. The molecule has 0 spiro atoms. The quantitative estimate of drug-likeness (QED) is 0.639. The lowest BCUT2D eigenvalue weighted by Crippen LogP contribution is -2.18. The van der Waals surface area contributed by atoms with Gasteiger partial charge in [-0.3, -0.25) is 4.79 Å². The zero-order valence-electron chi connectivity index (χ0n) is 7.44. The first-order chi connectivity index (χ1) is 6.57. The molecule has 0 atom stereocenters. The van der Waals surface area contributed by atoms with Gasteiger partial charge in [0.25, 0.3) is 5.91 Å². The molecule has 0 saturated heterocycles. The molecule has 0 heterocycles. The summed E-state index contributed by atoms with van der Waals surface area (Å²) >= 11 is 0. The van der Waals surface area contributed by atoms with Crippen molar-refractivity contribution in [3.05, 3.63) is 29.3 Å². The highest BCUT2D eigenvalue weighted by molar-refractivity contribution is 6.01. The van der Waals surface area contributed by atoms with Crippen LogP contribution in [0, 0.1) is 0 Å². The molecule has 0 radical (unpaired) electrons. The minimum absolute atomic E-state index is 0.0487. The number of amides is 1. The van der Waals surface area contributed by atoms with Crippen molar-refractivity contribution in [1.29, 1.82) is 0 Å². The fourth-order valence-electron chi connectivity index (χ4n) is 1.03. The van der Waals surface area contributed by atoms with E-state index in [2.05, 4.69) is 5.32 Å². The van der Waals surface area contributed by atoms with E-state index in [1.54, 1.807) is 0 Å². The van der Waals surface area contributed by atoms with Crippen molar-refractivity contribution in [2.75, 3.05) is 7.05 Å². The Balaban J connectivity index is 3.27. The van der Waals surface area contributed by atoms with E-state index in [9.17, 15) is 14.7 Å². The van der Waals surface area contributed by atoms with E-state index >= 15 is 0 Å². The van der Waals surface area contributed by atoms with E-state index in [0.717, 1.165) is 0 Å². The fraction of sp³-hybridized carbons (Fsp3) is 0.111. The number of hydrogen-bond acceptors (Lipinski definition) is 3. The number of hydrogen-bond donors (Lipinski definition) is 3. The lowest BCUT2D eigenvalue weighted by molar-refractivity contribution is 0.0693. The number of carboxylic acid groups (broad SMARTS) is 1. The van der Waals surface area contributed by atoms with Crippen molar-refractivity contribution in [3.63, 3.8) is 0 Å². The number of aromatic carboxylic acids is 1. The molecule has 1 amide bonds. The average molecular weight is 195 g/mol. The number of aromatic hydroxyl groups is 1. The molecule has 1 rings (SSSR count). The summed E-state index contributed by atoms with van der Waals surface area (Å²) in [6.45, 7) is 0. The maximum atomic E-state index is 11.1. The van der Waals surface area contributed by atoms with E-state index < -0.39 is 17.6 Å². The van der Waals surface area contributed by atoms with Crippen LogP contribution >= 0.6 is 0 Å². The number of carbonyl (C=O) groups is 2. The van der Waals surface area contributed by atoms with E-state index in [0.29, 0.717) is 0 Å². The minimum atomic E-state index is -1.27. The number of para-hydroxylation sites is 1. The normalized spacial score (nSPS) is 9.50. The Hall–Kier alpha value is -2.04. The molecular formula is C9H9NO4. The second-order valence-corrected chi connectivity index (χ2v) is 2.59. The van der Waals surface area contributed by atoms with Crippen molar-refractivity contribution in [2.45, 2.75) is 0 Å². The maximum Gasteiger partial charge on any atom is 0.339 e. The third-order valence-corrected chi connectivity index (χ3v) is 1.74. The molecule has 0 bridgehead atoms. The van der Waals surface area contributed by atoms with Gasteiger partial charge >= 0.3 is 5.97 Å². The SMILES string of the molecule is CNC(=O)c1cccc(C(=O)O)c1O. The number of rotatable bonds is 2. The summed E-state index contributed by atoms with van der Waals surface area (Å²) in [4.78, 5) is 21.7. The Labute approximate surface area is 80.0 Å². The van der Waals surface area contributed by atoms with Crippen molar-refractivity contribution in [3.8, 4) is 5.75 Å². The van der Waals surface area contributed by atoms with Gasteiger partial charge in [-0.05, 0) is 12.1 Å². The molecule has 74 valence electrons. The van der Waals surface area contributed by atoms with Crippen LogP contribution in [0.1, 0.15) is 20.7 Å². The maximum absolute atomic E-state index is 11.1. The van der Waals surface area contributed by atoms with Gasteiger partial charge in [0.2, 0.25) is 0 Å². The third kappa shape index (κ3) is 1.66. The number of benzene rings is 1. The Bertz CT molecular complexity index is 386. The smallest absolute Gasteiger partial charge is 0.339 e. The van der Waals surface area contributed by atoms with Crippen LogP contribution in [0.3, 0.4) is 0 Å². The summed E-state index contributed by atoms with van der Waals surface area (Å²) in [7, 11) is 1.40. The summed E-state index contributed by atoms with van der Waals surface area (Å²) in [5.74, 6) is -2.31. The first kappa shape index (κ1) is 10.0. The first-order valence-electron chi connectivity index (χ1n) is 3.85. The zero-order chi connectivity index (χ0) is 10.7. The van der Waals surface area contributed by atoms with Crippen LogP contribution in [-0.2, 0) is 0 Å². The lowest BCUT2D eigenvalue weighted by Gasteiger charge is -2.04. The van der Waals surface area contributed by atoms with Crippen molar-refractivity contribution in [2.24, 2.45) is 0 Å². The van der Waals surface area contributed by atoms with E-state index in [1.807, 2.05) is 0 Å². The molecule has 0 unspecified atom stereocenters. The molecule has 0 aliphatic carbocycles. The van der Waals surface area contributed by atoms with Crippen LogP contribution in [0.5, 0.6) is 5.75 Å². The largest absolute Gasteiger partial charge is 0.506 e. The minimum Gasteiger partial charge on any atom is -0.506 e. The summed E-state index contributed by atoms with van der Waals surface area (Å²) in [5, 5.41) is 20.4. The van der Waals surface area contributed by atoms with E-state index in [-0.39, 0.29) is 11.1 Å². The summed E-state index contributed by atoms with van der Waals surface area (Å²) in [5.41, 5.74) is -0.335. The topological polar surface area (TPSA) is 86.6 Å². The van der Waals surface area contributed by atoms with Crippen LogP contribution in [0.25, 0.3) is 0 Å². The molecule has 0 aliphatic rings. The molecule has 5 heteroatoms. The van der Waals surface area contributed by atoms with Crippen LogP contribution in [0.4, 0.5) is 0 Å². The van der Waals surface area contributed by atoms with Gasteiger partial charge in [0.15, 0.2) is 0 Å². The Kier molecular flexibility index (Phi) is 2.71. The van der Waals surface area contributed by atoms with Gasteiger partial charge in [-0.2, -0.15) is 0 Å². The number of carbonyl (C=O) groups excluding carboxylic acids is 1. The Morgan fingerprint density at radius 2 is 1.86 bits per heavy atom. The Morgan fingerprint density at radius 1 is 1.29 bits per heavy atom. The van der Waals surface area contributed by atoms with Gasteiger partial charge in [-0.15, -0.1) is 0 Å². The van der Waals surface area contributed by atoms with Crippen molar-refractivity contribution >= 4 is 11.9 Å². The van der Waals surface area contributed by atoms with Gasteiger partial charge < -0.3 is 15.5 Å². The monoisotopic (exact) mass is 195 g/mol. The first-order valence-corrected chi connectivity index (χ1v) is 3.85. The molecule has 0 aliphatic heterocycles. The summed E-state index contributed by atoms with van der Waals surface area (Å²) in [6.07, 6.45) is 0. The van der Waals surface area contributed by atoms with Gasteiger partial charge in [0.1, 0.15) is 11.3 Å². The van der Waals surface area contributed by atoms with Crippen LogP contribution in [-0.4, -0.2) is 29.1 Å². The standard InChI is InChI=1S/C9H9NO4/c1-10-8(12)5-3-2-4-6(7(5)11)9(13)14/h2-4,11H,1H3,(H,10,12)(H,13,14). The highest BCUT2D eigenvalue weighted by atomic mass is 16.4. The van der Waals surface area contributed by atoms with E-state index in [1.165, 1.54) is 25.2 Å². The summed E-state index contributed by atoms with van der Waals surface area (Å²) < 4.78 is 0. The number of phenols is 1. The zero-order valence-corrected chi connectivity index (χ0v) is 7.44. The van der Waals surface area contributed by atoms with Gasteiger partial charge in [-0.25, -0.2) is 4.79 Å². The molecule has 14 heavy (non-hydrogen) atoms. The molecule has 1 aromatic rings. The van der Waals surface area contributed by atoms with Crippen LogP contribution < -0.4 is 5.32 Å². The van der Waals surface area contributed by atoms with Gasteiger partial charge in [-0.1, -0.05) is 6.07 Å². The lowest BCUT2D eigenvalue weighted by atomic mass is 10.1. The predicted molar refractivity (Wildman–Crippen MR) is 48.5 cm³/mol.